The van der Waals surface area contributed by atoms with Crippen LogP contribution in [0.4, 0.5) is 30.4 Å². The number of carbonyl (C=O) groups excluding carboxylic acids is 2. The largest absolute Gasteiger partial charge is 0.416 e. The lowest BCUT2D eigenvalue weighted by atomic mass is 10.1. The van der Waals surface area contributed by atoms with Crippen LogP contribution in [0, 0.1) is 0 Å². The Morgan fingerprint density at radius 1 is 1.06 bits per heavy atom. The molecule has 3 aromatic rings. The lowest BCUT2D eigenvalue weighted by Gasteiger charge is -2.19. The molecule has 33 heavy (non-hydrogen) atoms. The summed E-state index contributed by atoms with van der Waals surface area (Å²) in [6.45, 7) is -0.223. The van der Waals surface area contributed by atoms with E-state index < -0.39 is 17.6 Å². The zero-order valence-corrected chi connectivity index (χ0v) is 18.6. The number of nitrogens with one attached hydrogen (secondary N) is 2. The van der Waals surface area contributed by atoms with E-state index in [1.54, 1.807) is 12.1 Å². The maximum atomic E-state index is 13.0. The third kappa shape index (κ3) is 6.26. The van der Waals surface area contributed by atoms with Gasteiger partial charge in [-0.25, -0.2) is 4.98 Å². The van der Waals surface area contributed by atoms with Gasteiger partial charge >= 0.3 is 6.18 Å². The Hall–Kier alpha value is -3.53. The lowest BCUT2D eigenvalue weighted by molar-refractivity contribution is -0.137. The van der Waals surface area contributed by atoms with Crippen molar-refractivity contribution in [1.82, 2.24) is 9.88 Å². The van der Waals surface area contributed by atoms with Crippen LogP contribution in [0.2, 0.25) is 0 Å². The van der Waals surface area contributed by atoms with E-state index in [0.29, 0.717) is 5.69 Å². The number of nitrogens with zero attached hydrogens (tertiary/aromatic N) is 2. The van der Waals surface area contributed by atoms with E-state index >= 15 is 0 Å². The third-order valence-electron chi connectivity index (χ3n) is 4.60. The molecule has 0 aliphatic heterocycles. The van der Waals surface area contributed by atoms with Crippen molar-refractivity contribution in [3.8, 4) is 0 Å². The molecule has 0 spiro atoms. The van der Waals surface area contributed by atoms with Crippen molar-refractivity contribution in [2.24, 2.45) is 0 Å². The quantitative estimate of drug-likeness (QED) is 0.456. The van der Waals surface area contributed by atoms with E-state index in [9.17, 15) is 22.8 Å². The van der Waals surface area contributed by atoms with Crippen molar-refractivity contribution < 1.29 is 22.8 Å². The second-order valence-electron chi connectivity index (χ2n) is 7.01. The molecule has 0 bridgehead atoms. The van der Waals surface area contributed by atoms with Gasteiger partial charge in [0.2, 0.25) is 5.91 Å². The molecular formula is C23H21F3N4O2S. The topological polar surface area (TPSA) is 74.3 Å². The molecule has 0 atom stereocenters. The molecule has 6 nitrogen and oxygen atoms in total. The fraction of sp³-hybridized carbons (Fsp3) is 0.174. The number of amides is 2. The number of anilines is 3. The van der Waals surface area contributed by atoms with Gasteiger partial charge in [-0.3, -0.25) is 9.59 Å². The van der Waals surface area contributed by atoms with Gasteiger partial charge < -0.3 is 15.5 Å². The number of hydrogen-bond donors (Lipinski definition) is 2. The first-order valence-corrected chi connectivity index (χ1v) is 11.0. The molecule has 172 valence electrons. The minimum Gasteiger partial charge on any atom is -0.340 e. The number of para-hydroxylation sites is 1. The van der Waals surface area contributed by atoms with Crippen LogP contribution in [0.1, 0.15) is 15.9 Å². The number of carbonyl (C=O) groups is 2. The van der Waals surface area contributed by atoms with Crippen LogP contribution in [0.25, 0.3) is 0 Å². The van der Waals surface area contributed by atoms with Gasteiger partial charge in [0.15, 0.2) is 0 Å². The van der Waals surface area contributed by atoms with Gasteiger partial charge in [0.05, 0.1) is 23.4 Å². The van der Waals surface area contributed by atoms with E-state index in [-0.39, 0.29) is 29.5 Å². The van der Waals surface area contributed by atoms with Gasteiger partial charge in [-0.15, -0.1) is 11.8 Å². The normalized spacial score (nSPS) is 11.1. The van der Waals surface area contributed by atoms with E-state index in [1.807, 2.05) is 18.4 Å². The van der Waals surface area contributed by atoms with Crippen LogP contribution in [-0.4, -0.2) is 41.5 Å². The molecular weight excluding hydrogens is 453 g/mol. The van der Waals surface area contributed by atoms with Gasteiger partial charge in [0.1, 0.15) is 5.82 Å². The smallest absolute Gasteiger partial charge is 0.340 e. The molecule has 0 saturated heterocycles. The monoisotopic (exact) mass is 474 g/mol. The van der Waals surface area contributed by atoms with Crippen molar-refractivity contribution in [1.29, 1.82) is 0 Å². The molecule has 2 aromatic carbocycles. The van der Waals surface area contributed by atoms with Gasteiger partial charge in [-0.1, -0.05) is 18.2 Å². The Kier molecular flexibility index (Phi) is 7.59. The molecule has 0 fully saturated rings. The number of likely N-dealkylation sites (N-methyl/N-ethyl adjacent to an activating group) is 1. The van der Waals surface area contributed by atoms with Gasteiger partial charge in [-0.05, 0) is 48.7 Å². The fourth-order valence-corrected chi connectivity index (χ4v) is 3.57. The highest BCUT2D eigenvalue weighted by Gasteiger charge is 2.30. The molecule has 1 heterocycles. The molecule has 2 N–H and O–H groups in total. The lowest BCUT2D eigenvalue weighted by Crippen LogP contribution is -2.35. The summed E-state index contributed by atoms with van der Waals surface area (Å²) < 4.78 is 39.0. The van der Waals surface area contributed by atoms with Gasteiger partial charge in [-0.2, -0.15) is 13.2 Å². The summed E-state index contributed by atoms with van der Waals surface area (Å²) in [6.07, 6.45) is -1.19. The van der Waals surface area contributed by atoms with Crippen molar-refractivity contribution >= 4 is 40.8 Å². The zero-order chi connectivity index (χ0) is 24.0. The second kappa shape index (κ2) is 10.4. The van der Waals surface area contributed by atoms with Crippen molar-refractivity contribution in [2.45, 2.75) is 11.1 Å². The van der Waals surface area contributed by atoms with Crippen molar-refractivity contribution in [2.75, 3.05) is 30.5 Å². The summed E-state index contributed by atoms with van der Waals surface area (Å²) in [5.41, 5.74) is 0.0705. The molecule has 10 heteroatoms. The summed E-state index contributed by atoms with van der Waals surface area (Å²) in [7, 11) is 1.46. The average molecular weight is 475 g/mol. The Labute approximate surface area is 193 Å². The SMILES string of the molecule is CSc1ccccc1NC(=O)CN(C)C(=O)c1cccnc1Nc1cccc(C(F)(F)F)c1. The predicted octanol–water partition coefficient (Wildman–Crippen LogP) is 5.28. The molecule has 1 aromatic heterocycles. The number of thioether (sulfide) groups is 1. The number of benzene rings is 2. The molecule has 3 rings (SSSR count). The minimum absolute atomic E-state index is 0.0850. The van der Waals surface area contributed by atoms with Crippen LogP contribution in [0.5, 0.6) is 0 Å². The number of halogens is 3. The minimum atomic E-state index is -4.50. The Balaban J connectivity index is 1.73. The zero-order valence-electron chi connectivity index (χ0n) is 17.8. The highest BCUT2D eigenvalue weighted by atomic mass is 32.2. The fourth-order valence-electron chi connectivity index (χ4n) is 3.02. The van der Waals surface area contributed by atoms with Crippen LogP contribution < -0.4 is 10.6 Å². The van der Waals surface area contributed by atoms with Crippen LogP contribution in [0.3, 0.4) is 0 Å². The summed E-state index contributed by atoms with van der Waals surface area (Å²) in [4.78, 5) is 31.7. The third-order valence-corrected chi connectivity index (χ3v) is 5.40. The standard InChI is InChI=1S/C23H21F3N4O2S/c1-30(14-20(31)29-18-10-3-4-11-19(18)33-2)22(32)17-9-6-12-27-21(17)28-16-8-5-7-15(13-16)23(24,25)26/h3-13H,14H2,1-2H3,(H,27,28)(H,29,31). The Morgan fingerprint density at radius 3 is 2.55 bits per heavy atom. The van der Waals surface area contributed by atoms with Crippen molar-refractivity contribution in [3.63, 3.8) is 0 Å². The number of aromatic nitrogens is 1. The van der Waals surface area contributed by atoms with Gasteiger partial charge in [0.25, 0.3) is 5.91 Å². The van der Waals surface area contributed by atoms with Crippen LogP contribution in [0.15, 0.2) is 71.8 Å². The van der Waals surface area contributed by atoms with Crippen molar-refractivity contribution in [3.05, 3.63) is 78.0 Å². The molecule has 2 amide bonds. The molecule has 0 unspecified atom stereocenters. The number of pyridine rings is 1. The molecule has 0 saturated carbocycles. The van der Waals surface area contributed by atoms with E-state index in [0.717, 1.165) is 17.0 Å². The molecule has 0 aliphatic rings. The number of hydrogen-bond acceptors (Lipinski definition) is 5. The van der Waals surface area contributed by atoms with E-state index in [4.69, 9.17) is 0 Å². The summed E-state index contributed by atoms with van der Waals surface area (Å²) in [5, 5.41) is 5.55. The number of alkyl halides is 3. The number of rotatable bonds is 7. The summed E-state index contributed by atoms with van der Waals surface area (Å²) in [6, 6.07) is 14.9. The first kappa shape index (κ1) is 24.1. The summed E-state index contributed by atoms with van der Waals surface area (Å²) >= 11 is 1.48. The highest BCUT2D eigenvalue weighted by molar-refractivity contribution is 7.98. The van der Waals surface area contributed by atoms with Crippen LogP contribution >= 0.6 is 11.8 Å². The maximum absolute atomic E-state index is 13.0. The van der Waals surface area contributed by atoms with Gasteiger partial charge in [0, 0.05) is 23.8 Å². The second-order valence-corrected chi connectivity index (χ2v) is 7.86. The Bertz CT molecular complexity index is 1150. The van der Waals surface area contributed by atoms with E-state index in [1.165, 1.54) is 54.2 Å². The molecule has 0 radical (unpaired) electrons. The maximum Gasteiger partial charge on any atom is 0.416 e. The molecule has 0 aliphatic carbocycles. The highest BCUT2D eigenvalue weighted by Crippen LogP contribution is 2.31. The Morgan fingerprint density at radius 2 is 1.82 bits per heavy atom. The first-order valence-electron chi connectivity index (χ1n) is 9.76. The summed E-state index contributed by atoms with van der Waals surface area (Å²) in [5.74, 6) is -0.809. The van der Waals surface area contributed by atoms with Crippen LogP contribution in [-0.2, 0) is 11.0 Å². The first-order chi connectivity index (χ1) is 15.7. The van der Waals surface area contributed by atoms with E-state index in [2.05, 4.69) is 15.6 Å². The average Bonchev–Trinajstić information content (AvgIpc) is 2.79. The predicted molar refractivity (Wildman–Crippen MR) is 123 cm³/mol.